The number of aliphatic imine (C=N–C) groups is 1. The summed E-state index contributed by atoms with van der Waals surface area (Å²) in [6, 6.07) is 8.15. The molecule has 120 valence electrons. The molecule has 1 aromatic carbocycles. The molecule has 0 bridgehead atoms. The van der Waals surface area contributed by atoms with Crippen molar-refractivity contribution in [3.8, 4) is 0 Å². The van der Waals surface area contributed by atoms with Crippen molar-refractivity contribution >= 4 is 23.5 Å². The van der Waals surface area contributed by atoms with Crippen molar-refractivity contribution in [2.45, 2.75) is 38.3 Å². The number of benzene rings is 1. The molecule has 1 aliphatic rings. The van der Waals surface area contributed by atoms with Crippen LogP contribution in [0.3, 0.4) is 0 Å². The highest BCUT2D eigenvalue weighted by Crippen LogP contribution is 2.18. The summed E-state index contributed by atoms with van der Waals surface area (Å²) in [7, 11) is 1.72. The van der Waals surface area contributed by atoms with Gasteiger partial charge in [0, 0.05) is 37.6 Å². The SMILES string of the molecule is CN=C(NCCCC(=O)NC1CC1)NCc1ccccc1Cl. The predicted octanol–water partition coefficient (Wildman–Crippen LogP) is 2.06. The van der Waals surface area contributed by atoms with Gasteiger partial charge in [0.25, 0.3) is 0 Å². The number of carbonyl (C=O) groups excluding carboxylic acids is 1. The number of carbonyl (C=O) groups is 1. The number of hydrogen-bond acceptors (Lipinski definition) is 2. The van der Waals surface area contributed by atoms with E-state index in [0.717, 1.165) is 29.8 Å². The predicted molar refractivity (Wildman–Crippen MR) is 90.1 cm³/mol. The fourth-order valence-electron chi connectivity index (χ4n) is 2.02. The van der Waals surface area contributed by atoms with Gasteiger partial charge in [-0.3, -0.25) is 9.79 Å². The number of hydrogen-bond donors (Lipinski definition) is 3. The maximum absolute atomic E-state index is 11.6. The smallest absolute Gasteiger partial charge is 0.220 e. The zero-order valence-electron chi connectivity index (χ0n) is 12.9. The number of nitrogens with zero attached hydrogens (tertiary/aromatic N) is 1. The van der Waals surface area contributed by atoms with Crippen molar-refractivity contribution in [3.05, 3.63) is 34.9 Å². The second-order valence-corrected chi connectivity index (χ2v) is 5.80. The Kier molecular flexibility index (Phi) is 6.52. The summed E-state index contributed by atoms with van der Waals surface area (Å²) < 4.78 is 0. The third kappa shape index (κ3) is 5.93. The van der Waals surface area contributed by atoms with E-state index in [4.69, 9.17) is 11.6 Å². The van der Waals surface area contributed by atoms with Crippen molar-refractivity contribution in [1.82, 2.24) is 16.0 Å². The molecule has 6 heteroatoms. The first-order valence-corrected chi connectivity index (χ1v) is 8.04. The summed E-state index contributed by atoms with van der Waals surface area (Å²) in [5, 5.41) is 10.1. The van der Waals surface area contributed by atoms with Crippen LogP contribution in [0.1, 0.15) is 31.2 Å². The zero-order valence-corrected chi connectivity index (χ0v) is 13.6. The minimum Gasteiger partial charge on any atom is -0.356 e. The van der Waals surface area contributed by atoms with Gasteiger partial charge >= 0.3 is 0 Å². The van der Waals surface area contributed by atoms with Gasteiger partial charge in [0.05, 0.1) is 0 Å². The number of rotatable bonds is 7. The molecule has 0 spiro atoms. The summed E-state index contributed by atoms with van der Waals surface area (Å²) >= 11 is 6.11. The Morgan fingerprint density at radius 1 is 1.32 bits per heavy atom. The van der Waals surface area contributed by atoms with Gasteiger partial charge in [0.1, 0.15) is 0 Å². The molecule has 0 heterocycles. The molecule has 0 atom stereocenters. The fraction of sp³-hybridized carbons (Fsp3) is 0.500. The Bertz CT molecular complexity index is 529. The van der Waals surface area contributed by atoms with E-state index in [0.29, 0.717) is 31.5 Å². The molecule has 0 aliphatic heterocycles. The Hall–Kier alpha value is -1.75. The minimum absolute atomic E-state index is 0.142. The third-order valence-electron chi connectivity index (χ3n) is 3.44. The highest BCUT2D eigenvalue weighted by atomic mass is 35.5. The van der Waals surface area contributed by atoms with Crippen LogP contribution in [0.5, 0.6) is 0 Å². The van der Waals surface area contributed by atoms with E-state index in [-0.39, 0.29) is 5.91 Å². The molecule has 5 nitrogen and oxygen atoms in total. The third-order valence-corrected chi connectivity index (χ3v) is 3.81. The monoisotopic (exact) mass is 322 g/mol. The molecule has 3 N–H and O–H groups in total. The topological polar surface area (TPSA) is 65.5 Å². The molecule has 1 saturated carbocycles. The first kappa shape index (κ1) is 16.6. The van der Waals surface area contributed by atoms with E-state index < -0.39 is 0 Å². The maximum Gasteiger partial charge on any atom is 0.220 e. The highest BCUT2D eigenvalue weighted by Gasteiger charge is 2.22. The van der Waals surface area contributed by atoms with Crippen LogP contribution in [0.4, 0.5) is 0 Å². The van der Waals surface area contributed by atoms with Crippen molar-refractivity contribution < 1.29 is 4.79 Å². The second kappa shape index (κ2) is 8.63. The van der Waals surface area contributed by atoms with Crippen LogP contribution in [0, 0.1) is 0 Å². The van der Waals surface area contributed by atoms with Gasteiger partial charge < -0.3 is 16.0 Å². The quantitative estimate of drug-likeness (QED) is 0.409. The number of halogens is 1. The average Bonchev–Trinajstić information content (AvgIpc) is 3.32. The summed E-state index contributed by atoms with van der Waals surface area (Å²) in [4.78, 5) is 15.7. The van der Waals surface area contributed by atoms with Crippen LogP contribution in [0.15, 0.2) is 29.3 Å². The summed E-state index contributed by atoms with van der Waals surface area (Å²) in [5.41, 5.74) is 1.02. The van der Waals surface area contributed by atoms with Gasteiger partial charge in [-0.2, -0.15) is 0 Å². The van der Waals surface area contributed by atoms with Gasteiger partial charge in [-0.25, -0.2) is 0 Å². The molecular formula is C16H23ClN4O. The van der Waals surface area contributed by atoms with Gasteiger partial charge in [0.15, 0.2) is 5.96 Å². The minimum atomic E-state index is 0.142. The first-order chi connectivity index (χ1) is 10.7. The van der Waals surface area contributed by atoms with Crippen molar-refractivity contribution in [2.75, 3.05) is 13.6 Å². The molecule has 0 aromatic heterocycles. The zero-order chi connectivity index (χ0) is 15.8. The van der Waals surface area contributed by atoms with E-state index in [1.807, 2.05) is 24.3 Å². The molecule has 0 saturated heterocycles. The van der Waals surface area contributed by atoms with E-state index >= 15 is 0 Å². The normalized spacial score (nSPS) is 14.5. The van der Waals surface area contributed by atoms with Crippen LogP contribution in [0.2, 0.25) is 5.02 Å². The molecule has 0 radical (unpaired) electrons. The van der Waals surface area contributed by atoms with Crippen LogP contribution < -0.4 is 16.0 Å². The number of amides is 1. The van der Waals surface area contributed by atoms with Crippen molar-refractivity contribution in [2.24, 2.45) is 4.99 Å². The van der Waals surface area contributed by atoms with Gasteiger partial charge in [0.2, 0.25) is 5.91 Å². The molecule has 2 rings (SSSR count). The van der Waals surface area contributed by atoms with Crippen LogP contribution in [0.25, 0.3) is 0 Å². The number of nitrogens with one attached hydrogen (secondary N) is 3. The molecule has 1 aliphatic carbocycles. The lowest BCUT2D eigenvalue weighted by atomic mass is 10.2. The molecular weight excluding hydrogens is 300 g/mol. The Morgan fingerprint density at radius 3 is 2.77 bits per heavy atom. The largest absolute Gasteiger partial charge is 0.356 e. The first-order valence-electron chi connectivity index (χ1n) is 7.66. The van der Waals surface area contributed by atoms with Crippen LogP contribution in [-0.2, 0) is 11.3 Å². The Labute approximate surface area is 136 Å². The van der Waals surface area contributed by atoms with Gasteiger partial charge in [-0.15, -0.1) is 0 Å². The van der Waals surface area contributed by atoms with Crippen molar-refractivity contribution in [3.63, 3.8) is 0 Å². The Balaban J connectivity index is 1.62. The van der Waals surface area contributed by atoms with Crippen LogP contribution >= 0.6 is 11.6 Å². The lowest BCUT2D eigenvalue weighted by Gasteiger charge is -2.12. The maximum atomic E-state index is 11.6. The van der Waals surface area contributed by atoms with E-state index in [1.165, 1.54) is 0 Å². The number of guanidine groups is 1. The highest BCUT2D eigenvalue weighted by molar-refractivity contribution is 6.31. The Morgan fingerprint density at radius 2 is 2.09 bits per heavy atom. The lowest BCUT2D eigenvalue weighted by molar-refractivity contribution is -0.121. The summed E-state index contributed by atoms with van der Waals surface area (Å²) in [6.45, 7) is 1.32. The molecule has 1 amide bonds. The van der Waals surface area contributed by atoms with E-state index in [1.54, 1.807) is 7.05 Å². The summed E-state index contributed by atoms with van der Waals surface area (Å²) in [5.74, 6) is 0.853. The van der Waals surface area contributed by atoms with E-state index in [2.05, 4.69) is 20.9 Å². The van der Waals surface area contributed by atoms with Gasteiger partial charge in [-0.05, 0) is 30.9 Å². The molecule has 1 fully saturated rings. The molecule has 0 unspecified atom stereocenters. The average molecular weight is 323 g/mol. The second-order valence-electron chi connectivity index (χ2n) is 5.39. The van der Waals surface area contributed by atoms with E-state index in [9.17, 15) is 4.79 Å². The molecule has 22 heavy (non-hydrogen) atoms. The fourth-order valence-corrected chi connectivity index (χ4v) is 2.23. The lowest BCUT2D eigenvalue weighted by Crippen LogP contribution is -2.37. The van der Waals surface area contributed by atoms with Crippen molar-refractivity contribution in [1.29, 1.82) is 0 Å². The molecule has 1 aromatic rings. The van der Waals surface area contributed by atoms with Crippen LogP contribution in [-0.4, -0.2) is 31.5 Å². The standard InChI is InChI=1S/C16H23ClN4O/c1-18-16(20-11-12-5-2-3-6-14(12)17)19-10-4-7-15(22)21-13-8-9-13/h2-3,5-6,13H,4,7-11H2,1H3,(H,21,22)(H2,18,19,20). The summed E-state index contributed by atoms with van der Waals surface area (Å²) in [6.07, 6.45) is 3.58. The van der Waals surface area contributed by atoms with Gasteiger partial charge in [-0.1, -0.05) is 29.8 Å².